The van der Waals surface area contributed by atoms with Crippen LogP contribution in [0.15, 0.2) is 137 Å². The number of aromatic carboxylic acids is 1. The van der Waals surface area contributed by atoms with E-state index in [1.165, 1.54) is 12.1 Å². The number of hydrogen-bond donors (Lipinski definition) is 4. The Bertz CT molecular complexity index is 2760. The van der Waals surface area contributed by atoms with Crippen LogP contribution in [-0.2, 0) is 17.1 Å². The van der Waals surface area contributed by atoms with E-state index in [-0.39, 0.29) is 34.1 Å². The molecule has 0 saturated carbocycles. The van der Waals surface area contributed by atoms with Crippen molar-refractivity contribution < 1.29 is 28.3 Å². The van der Waals surface area contributed by atoms with Gasteiger partial charge in [0.2, 0.25) is 0 Å². The van der Waals surface area contributed by atoms with Gasteiger partial charge >= 0.3 is 5.97 Å². The summed E-state index contributed by atoms with van der Waals surface area (Å²) in [4.78, 5) is 32.0. The number of nitro groups is 1. The number of piperazine rings is 1. The first-order chi connectivity index (χ1) is 31.8. The third-order valence-electron chi connectivity index (χ3n) is 12.2. The summed E-state index contributed by atoms with van der Waals surface area (Å²) in [5, 5.41) is 36.5. The summed E-state index contributed by atoms with van der Waals surface area (Å²) in [7, 11) is -2.46. The first-order valence-electron chi connectivity index (χ1n) is 21.9. The Morgan fingerprint density at radius 2 is 1.53 bits per heavy atom. The van der Waals surface area contributed by atoms with Crippen LogP contribution in [0.1, 0.15) is 29.8 Å². The minimum absolute atomic E-state index is 0.155. The van der Waals surface area contributed by atoms with E-state index in [9.17, 15) is 33.5 Å². The Hall–Kier alpha value is -6.04. The van der Waals surface area contributed by atoms with Gasteiger partial charge in [-0.05, 0) is 103 Å². The molecule has 2 saturated heterocycles. The zero-order chi connectivity index (χ0) is 46.4. The summed E-state index contributed by atoms with van der Waals surface area (Å²) in [6.07, 6.45) is 3.69. The number of nitro benzene ring substituents is 1. The van der Waals surface area contributed by atoms with Crippen molar-refractivity contribution in [3.8, 4) is 22.3 Å². The lowest BCUT2D eigenvalue weighted by molar-refractivity contribution is -0.384. The van der Waals surface area contributed by atoms with Gasteiger partial charge in [-0.25, -0.2) is 13.2 Å². The van der Waals surface area contributed by atoms with Crippen LogP contribution in [0.4, 0.5) is 28.4 Å². The first-order valence-corrected chi connectivity index (χ1v) is 24.7. The van der Waals surface area contributed by atoms with Crippen molar-refractivity contribution in [1.82, 2.24) is 9.47 Å². The number of nitrogens with one attached hydrogen (secondary N) is 2. The van der Waals surface area contributed by atoms with Crippen LogP contribution in [0.25, 0.3) is 22.3 Å². The number of aliphatic hydroxyl groups excluding tert-OH is 1. The van der Waals surface area contributed by atoms with Crippen molar-refractivity contribution >= 4 is 67.8 Å². The number of likely N-dealkylation sites (tertiary alicyclic amines) is 1. The van der Waals surface area contributed by atoms with Crippen LogP contribution in [0, 0.1) is 10.1 Å². The number of carboxylic acids is 1. The number of halogens is 1. The van der Waals surface area contributed by atoms with E-state index in [2.05, 4.69) is 24.7 Å². The van der Waals surface area contributed by atoms with Crippen LogP contribution in [-0.4, -0.2) is 103 Å². The zero-order valence-corrected chi connectivity index (χ0v) is 38.8. The number of rotatable bonds is 17. The molecule has 0 unspecified atom stereocenters. The number of piperidine rings is 1. The van der Waals surface area contributed by atoms with Crippen molar-refractivity contribution in [3.63, 3.8) is 0 Å². The van der Waals surface area contributed by atoms with Crippen molar-refractivity contribution in [2.24, 2.45) is 7.05 Å². The molecule has 2 fully saturated rings. The molecule has 6 aromatic rings. The van der Waals surface area contributed by atoms with Gasteiger partial charge in [0.15, 0.2) is 0 Å². The average Bonchev–Trinajstić information content (AvgIpc) is 3.68. The van der Waals surface area contributed by atoms with Gasteiger partial charge in [0.25, 0.3) is 15.7 Å². The second kappa shape index (κ2) is 20.6. The number of nitrogens with zero attached hydrogens (tertiary/aromatic N) is 5. The summed E-state index contributed by atoms with van der Waals surface area (Å²) >= 11 is 7.81. The molecule has 1 aromatic heterocycles. The number of carbonyl (C=O) groups is 1. The Morgan fingerprint density at radius 1 is 0.848 bits per heavy atom. The quantitative estimate of drug-likeness (QED) is 0.0389. The standard InChI is InChI=1S/C49H52ClN7O7S2/c1-53-32-44(34-10-12-36(50)13-11-34)47(48(53)49(59)60)35-6-5-7-40(30-35)56-28-26-55(27-29-56)39-16-14-37(15-17-39)52-66(63,64)43-18-19-45(46(31-43)57(61)62)51-38(33-65-42-8-3-2-4-9-42)20-23-54-24-21-41(58)22-25-54/h2-19,30-32,38,41,51-52,58H,20-29,33H2,1H3,(H,59,60)/t38-/m1/s1. The van der Waals surface area contributed by atoms with Gasteiger partial charge in [-0.1, -0.05) is 54.1 Å². The number of benzene rings is 5. The molecule has 0 bridgehead atoms. The maximum atomic E-state index is 13.7. The van der Waals surface area contributed by atoms with Crippen LogP contribution in [0.5, 0.6) is 0 Å². The predicted octanol–water partition coefficient (Wildman–Crippen LogP) is 9.17. The molecular weight excluding hydrogens is 898 g/mol. The molecule has 14 nitrogen and oxygen atoms in total. The average molecular weight is 951 g/mol. The Balaban J connectivity index is 0.910. The van der Waals surface area contributed by atoms with E-state index >= 15 is 0 Å². The van der Waals surface area contributed by atoms with Crippen molar-refractivity contribution in [2.75, 3.05) is 71.4 Å². The topological polar surface area (TPSA) is 174 Å². The first kappa shape index (κ1) is 46.5. The van der Waals surface area contributed by atoms with Gasteiger partial charge in [-0.2, -0.15) is 0 Å². The van der Waals surface area contributed by atoms with Crippen LogP contribution in [0.2, 0.25) is 5.02 Å². The van der Waals surface area contributed by atoms with Gasteiger partial charge in [-0.15, -0.1) is 11.8 Å². The van der Waals surface area contributed by atoms with Crippen molar-refractivity contribution in [3.05, 3.63) is 148 Å². The highest BCUT2D eigenvalue weighted by Crippen LogP contribution is 2.39. The van der Waals surface area contributed by atoms with Gasteiger partial charge in [0, 0.05) is 115 Å². The summed E-state index contributed by atoms with van der Waals surface area (Å²) in [5.41, 5.74) is 5.41. The highest BCUT2D eigenvalue weighted by Gasteiger charge is 2.27. The second-order valence-electron chi connectivity index (χ2n) is 16.6. The number of aliphatic hydroxyl groups is 1. The predicted molar refractivity (Wildman–Crippen MR) is 264 cm³/mol. The highest BCUT2D eigenvalue weighted by atomic mass is 35.5. The monoisotopic (exact) mass is 949 g/mol. The van der Waals surface area contributed by atoms with Gasteiger partial charge in [0.1, 0.15) is 11.4 Å². The number of hydrogen-bond acceptors (Lipinski definition) is 11. The van der Waals surface area contributed by atoms with E-state index < -0.39 is 20.9 Å². The molecule has 0 spiro atoms. The SMILES string of the molecule is Cn1cc(-c2ccc(Cl)cc2)c(-c2cccc(N3CCN(c4ccc(NS(=O)(=O)c5ccc(N[C@H](CCN6CCC(O)CC6)CSc6ccccc6)c([N+](=O)[O-])c5)cc4)CC3)c2)c1C(=O)O. The van der Waals surface area contributed by atoms with E-state index in [0.717, 1.165) is 71.5 Å². The van der Waals surface area contributed by atoms with Gasteiger partial charge < -0.3 is 34.8 Å². The summed E-state index contributed by atoms with van der Waals surface area (Å²) in [5.74, 6) is -0.380. The normalized spacial score (nSPS) is 15.4. The molecular formula is C49H52ClN7O7S2. The molecule has 0 aliphatic carbocycles. The third-order valence-corrected chi connectivity index (χ3v) is 15.0. The molecule has 4 N–H and O–H groups in total. The van der Waals surface area contributed by atoms with E-state index in [0.29, 0.717) is 54.6 Å². The number of carboxylic acid groups (broad SMARTS) is 1. The lowest BCUT2D eigenvalue weighted by atomic mass is 9.96. The molecule has 344 valence electrons. The maximum Gasteiger partial charge on any atom is 0.353 e. The van der Waals surface area contributed by atoms with Crippen LogP contribution in [0.3, 0.4) is 0 Å². The smallest absolute Gasteiger partial charge is 0.353 e. The summed E-state index contributed by atoms with van der Waals surface area (Å²) < 4.78 is 31.6. The largest absolute Gasteiger partial charge is 0.477 e. The molecule has 1 atom stereocenters. The fourth-order valence-corrected chi connectivity index (χ4v) is 10.8. The summed E-state index contributed by atoms with van der Waals surface area (Å²) in [6, 6.07) is 36.1. The molecule has 8 rings (SSSR count). The van der Waals surface area contributed by atoms with Crippen molar-refractivity contribution in [1.29, 1.82) is 0 Å². The van der Waals surface area contributed by atoms with Crippen LogP contribution < -0.4 is 19.8 Å². The minimum atomic E-state index is -4.19. The molecule has 3 heterocycles. The lowest BCUT2D eigenvalue weighted by Gasteiger charge is -2.37. The van der Waals surface area contributed by atoms with Gasteiger partial charge in [0.05, 0.1) is 15.9 Å². The molecule has 66 heavy (non-hydrogen) atoms. The Kier molecular flexibility index (Phi) is 14.5. The van der Waals surface area contributed by atoms with E-state index in [1.54, 1.807) is 47.6 Å². The molecule has 2 aliphatic rings. The minimum Gasteiger partial charge on any atom is -0.477 e. The summed E-state index contributed by atoms with van der Waals surface area (Å²) in [6.45, 7) is 5.11. The fraction of sp³-hybridized carbons (Fsp3) is 0.286. The Morgan fingerprint density at radius 3 is 2.20 bits per heavy atom. The molecule has 17 heteroatoms. The maximum absolute atomic E-state index is 13.7. The number of sulfonamides is 1. The molecule has 2 aliphatic heterocycles. The number of aromatic nitrogens is 1. The number of aryl methyl sites for hydroxylation is 1. The second-order valence-corrected chi connectivity index (χ2v) is 19.8. The zero-order valence-electron chi connectivity index (χ0n) is 36.4. The third kappa shape index (κ3) is 11.1. The lowest BCUT2D eigenvalue weighted by Crippen LogP contribution is -2.46. The van der Waals surface area contributed by atoms with Crippen LogP contribution >= 0.6 is 23.4 Å². The Labute approximate surface area is 394 Å². The fourth-order valence-electron chi connectivity index (χ4n) is 8.62. The molecule has 5 aromatic carbocycles. The van der Waals surface area contributed by atoms with E-state index in [4.69, 9.17) is 11.6 Å². The number of thioether (sulfide) groups is 1. The molecule has 0 amide bonds. The molecule has 0 radical (unpaired) electrons. The van der Waals surface area contributed by atoms with E-state index in [1.807, 2.05) is 85.1 Å². The van der Waals surface area contributed by atoms with Crippen molar-refractivity contribution in [2.45, 2.75) is 41.2 Å². The van der Waals surface area contributed by atoms with Gasteiger partial charge in [-0.3, -0.25) is 14.8 Å². The highest BCUT2D eigenvalue weighted by molar-refractivity contribution is 7.99. The number of anilines is 4.